The van der Waals surface area contributed by atoms with E-state index < -0.39 is 0 Å². The number of rotatable bonds is 6. The van der Waals surface area contributed by atoms with E-state index in [2.05, 4.69) is 23.2 Å². The van der Waals surface area contributed by atoms with Crippen molar-refractivity contribution in [2.45, 2.75) is 45.1 Å². The van der Waals surface area contributed by atoms with Crippen molar-refractivity contribution < 1.29 is 0 Å². The molecule has 0 aromatic carbocycles. The van der Waals surface area contributed by atoms with E-state index in [1.54, 1.807) is 0 Å². The number of hydrogen-bond donors (Lipinski definition) is 1. The minimum Gasteiger partial charge on any atom is -0.303 e. The summed E-state index contributed by atoms with van der Waals surface area (Å²) >= 11 is 0. The van der Waals surface area contributed by atoms with Crippen LogP contribution in [0.2, 0.25) is 0 Å². The van der Waals surface area contributed by atoms with E-state index in [4.69, 9.17) is 5.26 Å². The van der Waals surface area contributed by atoms with Crippen molar-refractivity contribution in [1.29, 1.82) is 5.26 Å². The Bertz CT molecular complexity index is 215. The summed E-state index contributed by atoms with van der Waals surface area (Å²) in [6, 6.07) is 2.38. The summed E-state index contributed by atoms with van der Waals surface area (Å²) in [6.07, 6.45) is 4.77. The second-order valence-corrected chi connectivity index (χ2v) is 4.63. The van der Waals surface area contributed by atoms with Crippen LogP contribution in [0.1, 0.15) is 39.5 Å². The molecular weight excluding hydrogens is 186 g/mol. The molecule has 3 heteroatoms. The first-order valence-corrected chi connectivity index (χ1v) is 6.09. The fourth-order valence-electron chi connectivity index (χ4n) is 2.24. The molecule has 1 aliphatic heterocycles. The Hall–Kier alpha value is -0.590. The molecule has 1 N–H and O–H groups in total. The minimum absolute atomic E-state index is 0.325. The van der Waals surface area contributed by atoms with Gasteiger partial charge in [-0.2, -0.15) is 5.26 Å². The van der Waals surface area contributed by atoms with Crippen LogP contribution in [-0.2, 0) is 0 Å². The smallest absolute Gasteiger partial charge is 0.103 e. The predicted octanol–water partition coefficient (Wildman–Crippen LogP) is 1.75. The third-order valence-electron chi connectivity index (χ3n) is 3.16. The summed E-state index contributed by atoms with van der Waals surface area (Å²) in [6.45, 7) is 8.59. The van der Waals surface area contributed by atoms with Gasteiger partial charge in [0.25, 0.3) is 0 Å². The largest absolute Gasteiger partial charge is 0.303 e. The number of hydrogen-bond acceptors (Lipinski definition) is 3. The Morgan fingerprint density at radius 3 is 2.60 bits per heavy atom. The maximum Gasteiger partial charge on any atom is 0.103 e. The van der Waals surface area contributed by atoms with Crippen molar-refractivity contribution in [2.24, 2.45) is 0 Å². The molecule has 0 radical (unpaired) electrons. The predicted molar refractivity (Wildman–Crippen MR) is 62.6 cm³/mol. The zero-order chi connectivity index (χ0) is 11.1. The van der Waals surface area contributed by atoms with Gasteiger partial charge in [0.05, 0.1) is 6.07 Å². The SMILES string of the molecule is CCNC(C)(C#N)CCCN1CCCC1. The van der Waals surface area contributed by atoms with E-state index >= 15 is 0 Å². The molecule has 0 aliphatic carbocycles. The zero-order valence-electron chi connectivity index (χ0n) is 10.1. The highest BCUT2D eigenvalue weighted by atomic mass is 15.1. The molecule has 1 saturated heterocycles. The Labute approximate surface area is 93.5 Å². The molecule has 1 fully saturated rings. The van der Waals surface area contributed by atoms with Gasteiger partial charge in [0.2, 0.25) is 0 Å². The van der Waals surface area contributed by atoms with Gasteiger partial charge in [-0.25, -0.2) is 0 Å². The molecule has 1 rings (SSSR count). The lowest BCUT2D eigenvalue weighted by Crippen LogP contribution is -2.41. The fraction of sp³-hybridized carbons (Fsp3) is 0.917. The van der Waals surface area contributed by atoms with Gasteiger partial charge >= 0.3 is 0 Å². The first kappa shape index (κ1) is 12.5. The molecule has 1 unspecified atom stereocenters. The number of likely N-dealkylation sites (tertiary alicyclic amines) is 1. The highest BCUT2D eigenvalue weighted by Gasteiger charge is 2.22. The van der Waals surface area contributed by atoms with Crippen molar-refractivity contribution in [3.8, 4) is 6.07 Å². The molecule has 0 spiro atoms. The quantitative estimate of drug-likeness (QED) is 0.724. The average Bonchev–Trinajstić information content (AvgIpc) is 2.71. The van der Waals surface area contributed by atoms with Crippen LogP contribution in [0.5, 0.6) is 0 Å². The molecule has 1 aliphatic rings. The van der Waals surface area contributed by atoms with Gasteiger partial charge in [-0.1, -0.05) is 6.92 Å². The maximum absolute atomic E-state index is 9.08. The number of nitrogens with zero attached hydrogens (tertiary/aromatic N) is 2. The average molecular weight is 209 g/mol. The monoisotopic (exact) mass is 209 g/mol. The minimum atomic E-state index is -0.325. The van der Waals surface area contributed by atoms with Gasteiger partial charge < -0.3 is 4.90 Å². The van der Waals surface area contributed by atoms with Crippen molar-refractivity contribution in [3.05, 3.63) is 0 Å². The van der Waals surface area contributed by atoms with Crippen molar-refractivity contribution in [2.75, 3.05) is 26.2 Å². The van der Waals surface area contributed by atoms with Crippen LogP contribution in [0.25, 0.3) is 0 Å². The fourth-order valence-corrected chi connectivity index (χ4v) is 2.24. The third kappa shape index (κ3) is 4.19. The Morgan fingerprint density at radius 2 is 2.07 bits per heavy atom. The lowest BCUT2D eigenvalue weighted by molar-refractivity contribution is 0.308. The van der Waals surface area contributed by atoms with Gasteiger partial charge in [-0.15, -0.1) is 0 Å². The summed E-state index contributed by atoms with van der Waals surface area (Å²) in [5, 5.41) is 12.3. The highest BCUT2D eigenvalue weighted by Crippen LogP contribution is 2.14. The normalized spacial score (nSPS) is 21.1. The van der Waals surface area contributed by atoms with E-state index in [-0.39, 0.29) is 5.54 Å². The molecule has 86 valence electrons. The molecule has 1 atom stereocenters. The van der Waals surface area contributed by atoms with E-state index in [0.717, 1.165) is 25.9 Å². The van der Waals surface area contributed by atoms with Crippen LogP contribution >= 0.6 is 0 Å². The molecule has 0 bridgehead atoms. The van der Waals surface area contributed by atoms with Crippen LogP contribution in [0.3, 0.4) is 0 Å². The molecule has 0 saturated carbocycles. The van der Waals surface area contributed by atoms with Gasteiger partial charge in [0.15, 0.2) is 0 Å². The Balaban J connectivity index is 2.19. The summed E-state index contributed by atoms with van der Waals surface area (Å²) in [5.74, 6) is 0. The van der Waals surface area contributed by atoms with E-state index in [9.17, 15) is 0 Å². The van der Waals surface area contributed by atoms with Crippen LogP contribution in [0, 0.1) is 11.3 Å². The summed E-state index contributed by atoms with van der Waals surface area (Å²) < 4.78 is 0. The molecule has 3 nitrogen and oxygen atoms in total. The second-order valence-electron chi connectivity index (χ2n) is 4.63. The lowest BCUT2D eigenvalue weighted by atomic mass is 9.97. The topological polar surface area (TPSA) is 39.1 Å². The van der Waals surface area contributed by atoms with E-state index in [1.807, 2.05) is 6.92 Å². The number of nitrogens with one attached hydrogen (secondary N) is 1. The first-order valence-electron chi connectivity index (χ1n) is 6.09. The van der Waals surface area contributed by atoms with E-state index in [0.29, 0.717) is 0 Å². The van der Waals surface area contributed by atoms with E-state index in [1.165, 1.54) is 25.9 Å². The van der Waals surface area contributed by atoms with Crippen molar-refractivity contribution >= 4 is 0 Å². The molecule has 1 heterocycles. The second kappa shape index (κ2) is 6.09. The third-order valence-corrected chi connectivity index (χ3v) is 3.16. The van der Waals surface area contributed by atoms with Crippen LogP contribution in [0.4, 0.5) is 0 Å². The first-order chi connectivity index (χ1) is 7.20. The molecule has 0 amide bonds. The van der Waals surface area contributed by atoms with Crippen LogP contribution in [0.15, 0.2) is 0 Å². The highest BCUT2D eigenvalue weighted by molar-refractivity contribution is 5.03. The standard InChI is InChI=1S/C12H23N3/c1-3-14-12(2,11-13)7-6-10-15-8-4-5-9-15/h14H,3-10H2,1-2H3. The Morgan fingerprint density at radius 1 is 1.40 bits per heavy atom. The van der Waals surface area contributed by atoms with Gasteiger partial charge in [-0.05, 0) is 58.8 Å². The molecule has 15 heavy (non-hydrogen) atoms. The van der Waals surface area contributed by atoms with Crippen LogP contribution in [-0.4, -0.2) is 36.6 Å². The summed E-state index contributed by atoms with van der Waals surface area (Å²) in [5.41, 5.74) is -0.325. The molecule has 0 aromatic heterocycles. The molecule has 0 aromatic rings. The zero-order valence-corrected chi connectivity index (χ0v) is 10.1. The van der Waals surface area contributed by atoms with Crippen LogP contribution < -0.4 is 5.32 Å². The summed E-state index contributed by atoms with van der Waals surface area (Å²) in [4.78, 5) is 2.50. The maximum atomic E-state index is 9.08. The molecular formula is C12H23N3. The van der Waals surface area contributed by atoms with Gasteiger partial charge in [0, 0.05) is 0 Å². The van der Waals surface area contributed by atoms with Crippen molar-refractivity contribution in [3.63, 3.8) is 0 Å². The van der Waals surface area contributed by atoms with Gasteiger partial charge in [0.1, 0.15) is 5.54 Å². The van der Waals surface area contributed by atoms with Gasteiger partial charge in [-0.3, -0.25) is 5.32 Å². The Kier molecular flexibility index (Phi) is 5.07. The van der Waals surface area contributed by atoms with Crippen molar-refractivity contribution in [1.82, 2.24) is 10.2 Å². The lowest BCUT2D eigenvalue weighted by Gasteiger charge is -2.23. The summed E-state index contributed by atoms with van der Waals surface area (Å²) in [7, 11) is 0. The number of nitriles is 1.